The molecule has 0 atom stereocenters. The quantitative estimate of drug-likeness (QED) is 0.329. The van der Waals surface area contributed by atoms with Crippen molar-refractivity contribution >= 4 is 17.1 Å². The van der Waals surface area contributed by atoms with Gasteiger partial charge in [-0.1, -0.05) is 18.7 Å². The number of nitrogen functional groups attached to an aromatic ring is 2. The Morgan fingerprint density at radius 1 is 0.966 bits per heavy atom. The van der Waals surface area contributed by atoms with Crippen molar-refractivity contribution in [3.05, 3.63) is 66.7 Å². The van der Waals surface area contributed by atoms with Crippen LogP contribution >= 0.6 is 0 Å². The maximum Gasteiger partial charge on any atom is 0.0971 e. The summed E-state index contributed by atoms with van der Waals surface area (Å²) in [6.45, 7) is 13.1. The van der Waals surface area contributed by atoms with Crippen LogP contribution in [0.5, 0.6) is 0 Å². The van der Waals surface area contributed by atoms with Gasteiger partial charge in [-0.15, -0.1) is 0 Å². The minimum atomic E-state index is 0.805. The molecule has 0 bridgehead atoms. The van der Waals surface area contributed by atoms with E-state index in [0.29, 0.717) is 0 Å². The topological polar surface area (TPSA) is 67.3 Å². The zero-order chi connectivity index (χ0) is 20.5. The van der Waals surface area contributed by atoms with Crippen LogP contribution in [0.3, 0.4) is 0 Å². The molecule has 0 radical (unpaired) electrons. The second-order valence-corrected chi connectivity index (χ2v) is 8.22. The third-order valence-electron chi connectivity index (χ3n) is 6.04. The lowest BCUT2D eigenvalue weighted by molar-refractivity contribution is -0.927. The summed E-state index contributed by atoms with van der Waals surface area (Å²) in [6, 6.07) is 16.3. The summed E-state index contributed by atoms with van der Waals surface area (Å²) in [6.07, 6.45) is 4.42. The number of benzene rings is 2. The van der Waals surface area contributed by atoms with E-state index < -0.39 is 0 Å². The molecule has 5 nitrogen and oxygen atoms in total. The Bertz CT molecular complexity index is 746. The van der Waals surface area contributed by atoms with Crippen molar-refractivity contribution < 1.29 is 4.48 Å². The molecule has 3 rings (SSSR count). The van der Waals surface area contributed by atoms with Crippen molar-refractivity contribution in [2.24, 2.45) is 0 Å². The van der Waals surface area contributed by atoms with Crippen LogP contribution in [-0.2, 0) is 6.42 Å². The Balaban J connectivity index is 1.41. The molecule has 1 aliphatic heterocycles. The summed E-state index contributed by atoms with van der Waals surface area (Å²) in [5.74, 6) is 0. The molecule has 1 fully saturated rings. The lowest BCUT2D eigenvalue weighted by Crippen LogP contribution is -2.60. The number of rotatable bonds is 10. The highest BCUT2D eigenvalue weighted by Gasteiger charge is 2.31. The van der Waals surface area contributed by atoms with Gasteiger partial charge in [0.05, 0.1) is 26.2 Å². The number of quaternary nitrogens is 1. The summed E-state index contributed by atoms with van der Waals surface area (Å²) < 4.78 is 1.17. The van der Waals surface area contributed by atoms with E-state index >= 15 is 0 Å². The van der Waals surface area contributed by atoms with Crippen molar-refractivity contribution in [1.29, 1.82) is 0 Å². The smallest absolute Gasteiger partial charge is 0.0971 e. The van der Waals surface area contributed by atoms with Crippen LogP contribution in [0.15, 0.2) is 61.2 Å². The molecular weight excluding hydrogens is 358 g/mol. The molecule has 0 aromatic heterocycles. The van der Waals surface area contributed by atoms with E-state index in [1.54, 1.807) is 0 Å². The van der Waals surface area contributed by atoms with Gasteiger partial charge in [-0.3, -0.25) is 4.90 Å². The summed E-state index contributed by atoms with van der Waals surface area (Å²) >= 11 is 0. The normalized spacial score (nSPS) is 16.4. The van der Waals surface area contributed by atoms with Gasteiger partial charge in [-0.25, -0.2) is 0 Å². The first-order chi connectivity index (χ1) is 14.1. The van der Waals surface area contributed by atoms with E-state index in [9.17, 15) is 0 Å². The molecule has 1 heterocycles. The molecule has 0 amide bonds. The summed E-state index contributed by atoms with van der Waals surface area (Å²) in [5, 5.41) is 3.49. The van der Waals surface area contributed by atoms with E-state index in [0.717, 1.165) is 56.2 Å². The van der Waals surface area contributed by atoms with Crippen molar-refractivity contribution in [3.8, 4) is 0 Å². The van der Waals surface area contributed by atoms with E-state index in [1.165, 1.54) is 36.1 Å². The van der Waals surface area contributed by atoms with Gasteiger partial charge in [0, 0.05) is 49.7 Å². The fourth-order valence-electron chi connectivity index (χ4n) is 4.19. The van der Waals surface area contributed by atoms with Gasteiger partial charge < -0.3 is 21.3 Å². The molecule has 5 N–H and O–H groups in total. The molecule has 2 aromatic carbocycles. The molecule has 0 saturated carbocycles. The number of aryl methyl sites for hydroxylation is 1. The number of nitrogens with zero attached hydrogens (tertiary/aromatic N) is 2. The molecule has 156 valence electrons. The Morgan fingerprint density at radius 2 is 1.59 bits per heavy atom. The summed E-state index contributed by atoms with van der Waals surface area (Å²) in [7, 11) is 0. The molecular formula is C24H36N5+. The van der Waals surface area contributed by atoms with Crippen LogP contribution in [0.1, 0.15) is 12.0 Å². The highest BCUT2D eigenvalue weighted by atomic mass is 15.4. The summed E-state index contributed by atoms with van der Waals surface area (Å²) in [5.41, 5.74) is 15.7. The fourth-order valence-corrected chi connectivity index (χ4v) is 4.19. The first-order valence-corrected chi connectivity index (χ1v) is 10.7. The first-order valence-electron chi connectivity index (χ1n) is 10.7. The average Bonchev–Trinajstić information content (AvgIpc) is 2.73. The predicted octanol–water partition coefficient (Wildman–Crippen LogP) is 3.21. The molecule has 1 saturated heterocycles. The predicted molar refractivity (Wildman–Crippen MR) is 125 cm³/mol. The van der Waals surface area contributed by atoms with Gasteiger partial charge >= 0.3 is 0 Å². The lowest BCUT2D eigenvalue weighted by Gasteiger charge is -2.44. The number of hydrogen-bond donors (Lipinski definition) is 3. The zero-order valence-electron chi connectivity index (χ0n) is 17.5. The third kappa shape index (κ3) is 6.51. The van der Waals surface area contributed by atoms with Gasteiger partial charge in [0.1, 0.15) is 0 Å². The largest absolute Gasteiger partial charge is 0.399 e. The summed E-state index contributed by atoms with van der Waals surface area (Å²) in [4.78, 5) is 2.57. The monoisotopic (exact) mass is 394 g/mol. The van der Waals surface area contributed by atoms with Crippen LogP contribution in [0.4, 0.5) is 17.1 Å². The van der Waals surface area contributed by atoms with Gasteiger partial charge in [-0.2, -0.15) is 0 Å². The Labute approximate surface area is 175 Å². The van der Waals surface area contributed by atoms with Crippen molar-refractivity contribution in [2.45, 2.75) is 12.8 Å². The maximum atomic E-state index is 5.79. The molecule has 0 aliphatic carbocycles. The highest BCUT2D eigenvalue weighted by Crippen LogP contribution is 2.17. The van der Waals surface area contributed by atoms with Gasteiger partial charge in [0.2, 0.25) is 0 Å². The van der Waals surface area contributed by atoms with E-state index in [1.807, 2.05) is 36.4 Å². The lowest BCUT2D eigenvalue weighted by atomic mass is 10.1. The second kappa shape index (κ2) is 10.3. The van der Waals surface area contributed by atoms with E-state index in [2.05, 4.69) is 35.0 Å². The minimum absolute atomic E-state index is 0.805. The van der Waals surface area contributed by atoms with Crippen molar-refractivity contribution in [3.63, 3.8) is 0 Å². The van der Waals surface area contributed by atoms with Crippen LogP contribution in [0, 0.1) is 0 Å². The first kappa shape index (κ1) is 21.2. The fraction of sp³-hybridized carbons (Fsp3) is 0.417. The van der Waals surface area contributed by atoms with Crippen LogP contribution in [-0.4, -0.2) is 61.7 Å². The average molecular weight is 395 g/mol. The Hall–Kier alpha value is -2.50. The number of anilines is 3. The molecule has 29 heavy (non-hydrogen) atoms. The number of nitrogens with two attached hydrogens (primary N) is 2. The second-order valence-electron chi connectivity index (χ2n) is 8.22. The third-order valence-corrected chi connectivity index (χ3v) is 6.04. The van der Waals surface area contributed by atoms with Gasteiger partial charge in [0.25, 0.3) is 0 Å². The van der Waals surface area contributed by atoms with Crippen LogP contribution in [0.25, 0.3) is 0 Å². The van der Waals surface area contributed by atoms with Gasteiger partial charge in [0.15, 0.2) is 0 Å². The van der Waals surface area contributed by atoms with Gasteiger partial charge in [-0.05, 0) is 54.5 Å². The van der Waals surface area contributed by atoms with E-state index in [4.69, 9.17) is 11.5 Å². The molecule has 0 spiro atoms. The standard InChI is InChI=1S/C24H36N5/c1-2-17-29(18-3-4-21-5-7-22(25)8-6-21)19-15-28(16-20-29)14-13-27-24-11-9-23(26)10-12-24/h2,5-12,27H,1,3-4,13-20,25-26H2/q+1. The molecule has 5 heteroatoms. The molecule has 0 unspecified atom stereocenters. The van der Waals surface area contributed by atoms with Crippen molar-refractivity contribution in [1.82, 2.24) is 4.90 Å². The Kier molecular flexibility index (Phi) is 7.55. The van der Waals surface area contributed by atoms with Crippen LogP contribution < -0.4 is 16.8 Å². The van der Waals surface area contributed by atoms with Crippen LogP contribution in [0.2, 0.25) is 0 Å². The number of nitrogens with one attached hydrogen (secondary N) is 1. The number of piperazine rings is 1. The Morgan fingerprint density at radius 3 is 2.21 bits per heavy atom. The molecule has 2 aromatic rings. The van der Waals surface area contributed by atoms with E-state index in [-0.39, 0.29) is 0 Å². The minimum Gasteiger partial charge on any atom is -0.399 e. The molecule has 1 aliphatic rings. The number of hydrogen-bond acceptors (Lipinski definition) is 4. The maximum absolute atomic E-state index is 5.79. The van der Waals surface area contributed by atoms with Crippen molar-refractivity contribution in [2.75, 3.05) is 69.1 Å². The SMILES string of the molecule is C=CC[N+]1(CCCc2ccc(N)cc2)CCN(CCNc2ccc(N)cc2)CC1. The zero-order valence-corrected chi connectivity index (χ0v) is 17.5. The highest BCUT2D eigenvalue weighted by molar-refractivity contribution is 5.51.